The molecule has 158 valence electrons. The van der Waals surface area contributed by atoms with Gasteiger partial charge in [0.2, 0.25) is 0 Å². The third-order valence-corrected chi connectivity index (χ3v) is 5.77. The molecule has 1 aliphatic heterocycles. The third kappa shape index (κ3) is 4.16. The summed E-state index contributed by atoms with van der Waals surface area (Å²) in [6, 6.07) is 13.3. The number of pyridine rings is 1. The van der Waals surface area contributed by atoms with Gasteiger partial charge in [0, 0.05) is 42.9 Å². The Labute approximate surface area is 182 Å². The van der Waals surface area contributed by atoms with Gasteiger partial charge in [0.25, 0.3) is 5.91 Å². The molecule has 0 radical (unpaired) electrons. The second kappa shape index (κ2) is 8.25. The molecule has 1 saturated heterocycles. The lowest BCUT2D eigenvalue weighted by atomic mass is 10.0. The van der Waals surface area contributed by atoms with Crippen molar-refractivity contribution in [1.82, 2.24) is 9.88 Å². The molecule has 3 aromatic rings. The van der Waals surface area contributed by atoms with Crippen molar-refractivity contribution in [2.75, 3.05) is 43.4 Å². The molecule has 0 aliphatic carbocycles. The molecule has 3 N–H and O–H groups in total. The lowest BCUT2D eigenvalue weighted by Gasteiger charge is -2.36. The highest BCUT2D eigenvalue weighted by atomic mass is 16.1. The van der Waals surface area contributed by atoms with Crippen LogP contribution in [0.1, 0.15) is 27.2 Å². The molecule has 0 saturated carbocycles. The molecule has 0 unspecified atom stereocenters. The summed E-state index contributed by atoms with van der Waals surface area (Å²) in [5.41, 5.74) is 11.9. The Bertz CT molecular complexity index is 1180. The van der Waals surface area contributed by atoms with Crippen molar-refractivity contribution in [3.8, 4) is 6.07 Å². The molecule has 0 spiro atoms. The Morgan fingerprint density at radius 3 is 2.39 bits per heavy atom. The van der Waals surface area contributed by atoms with Gasteiger partial charge in [0.15, 0.2) is 5.69 Å². The van der Waals surface area contributed by atoms with Gasteiger partial charge in [0.05, 0.1) is 22.8 Å². The minimum absolute atomic E-state index is 0.154. The fourth-order valence-electron chi connectivity index (χ4n) is 4.23. The molecule has 1 aliphatic rings. The zero-order valence-corrected chi connectivity index (χ0v) is 18.1. The summed E-state index contributed by atoms with van der Waals surface area (Å²) in [6.07, 6.45) is 0. The van der Waals surface area contributed by atoms with Crippen LogP contribution in [0.5, 0.6) is 0 Å². The number of piperazine rings is 1. The van der Waals surface area contributed by atoms with Crippen molar-refractivity contribution in [3.05, 3.63) is 58.8 Å². The van der Waals surface area contributed by atoms with E-state index >= 15 is 0 Å². The SMILES string of the molecule is Cc1cc(Nc2cc3ccc(C#N)cc3nc2C(N)=O)cc(C)c1N1CCN(C)CC1. The number of nitrogens with two attached hydrogens (primary N) is 1. The number of nitrogens with zero attached hydrogens (tertiary/aromatic N) is 4. The number of likely N-dealkylation sites (N-methyl/N-ethyl adjacent to an activating group) is 1. The minimum atomic E-state index is -0.616. The maximum Gasteiger partial charge on any atom is 0.269 e. The number of anilines is 3. The average Bonchev–Trinajstić information content (AvgIpc) is 2.73. The zero-order valence-electron chi connectivity index (χ0n) is 18.1. The molecule has 7 nitrogen and oxygen atoms in total. The number of aromatic nitrogens is 1. The molecule has 2 heterocycles. The van der Waals surface area contributed by atoms with Crippen molar-refractivity contribution in [2.24, 2.45) is 5.73 Å². The third-order valence-electron chi connectivity index (χ3n) is 5.77. The molecule has 7 heteroatoms. The van der Waals surface area contributed by atoms with Crippen LogP contribution >= 0.6 is 0 Å². The maximum atomic E-state index is 12.1. The first kappa shape index (κ1) is 20.6. The monoisotopic (exact) mass is 414 g/mol. The molecule has 1 aromatic heterocycles. The topological polar surface area (TPSA) is 98.3 Å². The predicted molar refractivity (Wildman–Crippen MR) is 124 cm³/mol. The highest BCUT2D eigenvalue weighted by molar-refractivity contribution is 6.01. The second-order valence-corrected chi connectivity index (χ2v) is 8.14. The fraction of sp³-hybridized carbons (Fsp3) is 0.292. The van der Waals surface area contributed by atoms with E-state index in [-0.39, 0.29) is 5.69 Å². The number of benzene rings is 2. The van der Waals surface area contributed by atoms with Crippen molar-refractivity contribution in [3.63, 3.8) is 0 Å². The minimum Gasteiger partial charge on any atom is -0.369 e. The van der Waals surface area contributed by atoms with E-state index in [1.54, 1.807) is 12.1 Å². The molecular weight excluding hydrogens is 388 g/mol. The Hall–Kier alpha value is -3.63. The number of nitrogens with one attached hydrogen (secondary N) is 1. The van der Waals surface area contributed by atoms with Crippen LogP contribution < -0.4 is 16.0 Å². The quantitative estimate of drug-likeness (QED) is 0.680. The second-order valence-electron chi connectivity index (χ2n) is 8.14. The average molecular weight is 415 g/mol. The van der Waals surface area contributed by atoms with Crippen molar-refractivity contribution < 1.29 is 4.79 Å². The zero-order chi connectivity index (χ0) is 22.1. The molecule has 1 fully saturated rings. The summed E-state index contributed by atoms with van der Waals surface area (Å²) in [5.74, 6) is -0.616. The highest BCUT2D eigenvalue weighted by Gasteiger charge is 2.19. The molecule has 1 amide bonds. The normalized spacial score (nSPS) is 14.5. The number of fused-ring (bicyclic) bond motifs is 1. The summed E-state index contributed by atoms with van der Waals surface area (Å²) >= 11 is 0. The van der Waals surface area contributed by atoms with Crippen molar-refractivity contribution >= 4 is 33.9 Å². The summed E-state index contributed by atoms with van der Waals surface area (Å²) in [5, 5.41) is 13.3. The Morgan fingerprint density at radius 2 is 1.77 bits per heavy atom. The van der Waals surface area contributed by atoms with Gasteiger partial charge in [-0.1, -0.05) is 6.07 Å². The van der Waals surface area contributed by atoms with Gasteiger partial charge in [-0.25, -0.2) is 4.98 Å². The number of amides is 1. The summed E-state index contributed by atoms with van der Waals surface area (Å²) in [6.45, 7) is 8.35. The predicted octanol–water partition coefficient (Wildman–Crippen LogP) is 3.32. The van der Waals surface area contributed by atoms with Gasteiger partial charge in [-0.05, 0) is 62.4 Å². The molecule has 0 atom stereocenters. The number of hydrogen-bond donors (Lipinski definition) is 2. The van der Waals surface area contributed by atoms with Crippen LogP contribution in [0.4, 0.5) is 17.1 Å². The summed E-state index contributed by atoms with van der Waals surface area (Å²) in [7, 11) is 2.15. The van der Waals surface area contributed by atoms with Crippen LogP contribution in [-0.2, 0) is 0 Å². The molecular formula is C24H26N6O. The van der Waals surface area contributed by atoms with Crippen LogP contribution in [0.3, 0.4) is 0 Å². The number of primary amides is 1. The Balaban J connectivity index is 1.69. The van der Waals surface area contributed by atoms with Crippen LogP contribution in [0.2, 0.25) is 0 Å². The van der Waals surface area contributed by atoms with E-state index in [2.05, 4.69) is 59.2 Å². The Kier molecular flexibility index (Phi) is 5.49. The maximum absolute atomic E-state index is 12.1. The highest BCUT2D eigenvalue weighted by Crippen LogP contribution is 2.32. The summed E-state index contributed by atoms with van der Waals surface area (Å²) in [4.78, 5) is 21.3. The number of carbonyl (C=O) groups is 1. The van der Waals surface area contributed by atoms with Crippen molar-refractivity contribution in [1.29, 1.82) is 5.26 Å². The first-order chi connectivity index (χ1) is 14.9. The van der Waals surface area contributed by atoms with Gasteiger partial charge in [-0.2, -0.15) is 5.26 Å². The lowest BCUT2D eigenvalue weighted by Crippen LogP contribution is -2.45. The van der Waals surface area contributed by atoms with E-state index in [9.17, 15) is 4.79 Å². The van der Waals surface area contributed by atoms with Crippen molar-refractivity contribution in [2.45, 2.75) is 13.8 Å². The van der Waals surface area contributed by atoms with E-state index in [4.69, 9.17) is 11.0 Å². The van der Waals surface area contributed by atoms with Crippen LogP contribution in [0, 0.1) is 25.2 Å². The smallest absolute Gasteiger partial charge is 0.269 e. The van der Waals surface area contributed by atoms with E-state index in [0.717, 1.165) is 37.3 Å². The first-order valence-corrected chi connectivity index (χ1v) is 10.3. The van der Waals surface area contributed by atoms with Gasteiger partial charge >= 0.3 is 0 Å². The molecule has 2 aromatic carbocycles. The molecule has 0 bridgehead atoms. The van der Waals surface area contributed by atoms with E-state index in [0.29, 0.717) is 16.8 Å². The Morgan fingerprint density at radius 1 is 1.10 bits per heavy atom. The van der Waals surface area contributed by atoms with E-state index in [1.807, 2.05) is 12.1 Å². The number of aryl methyl sites for hydroxylation is 2. The number of hydrogen-bond acceptors (Lipinski definition) is 6. The fourth-order valence-corrected chi connectivity index (χ4v) is 4.23. The lowest BCUT2D eigenvalue weighted by molar-refractivity contribution is 0.0997. The van der Waals surface area contributed by atoms with Gasteiger partial charge < -0.3 is 20.9 Å². The first-order valence-electron chi connectivity index (χ1n) is 10.3. The van der Waals surface area contributed by atoms with Gasteiger partial charge in [-0.3, -0.25) is 4.79 Å². The van der Waals surface area contributed by atoms with Crippen LogP contribution in [0.15, 0.2) is 36.4 Å². The van der Waals surface area contributed by atoms with Crippen LogP contribution in [0.25, 0.3) is 10.9 Å². The molecule has 31 heavy (non-hydrogen) atoms. The number of carbonyl (C=O) groups excluding carboxylic acids is 1. The van der Waals surface area contributed by atoms with Gasteiger partial charge in [0.1, 0.15) is 0 Å². The standard InChI is InChI=1S/C24H26N6O/c1-15-10-19(11-16(2)23(15)30-8-6-29(3)7-9-30)27-21-13-18-5-4-17(14-25)12-20(18)28-22(21)24(26)31/h4-5,10-13,27H,6-9H2,1-3H3,(H2,26,31). The van der Waals surface area contributed by atoms with E-state index in [1.165, 1.54) is 16.8 Å². The summed E-state index contributed by atoms with van der Waals surface area (Å²) < 4.78 is 0. The van der Waals surface area contributed by atoms with Crippen LogP contribution in [-0.4, -0.2) is 49.0 Å². The van der Waals surface area contributed by atoms with E-state index < -0.39 is 5.91 Å². The molecule has 4 rings (SSSR count). The largest absolute Gasteiger partial charge is 0.369 e. The number of nitriles is 1. The number of rotatable bonds is 4. The van der Waals surface area contributed by atoms with Gasteiger partial charge in [-0.15, -0.1) is 0 Å².